The van der Waals surface area contributed by atoms with E-state index in [1.165, 1.54) is 0 Å². The summed E-state index contributed by atoms with van der Waals surface area (Å²) in [5.41, 5.74) is 10.2. The molecule has 0 aromatic heterocycles. The molecule has 4 rings (SSSR count). The van der Waals surface area contributed by atoms with Crippen molar-refractivity contribution in [1.29, 1.82) is 0 Å². The van der Waals surface area contributed by atoms with E-state index in [2.05, 4.69) is 29.6 Å². The zero-order valence-corrected chi connectivity index (χ0v) is 16.4. The summed E-state index contributed by atoms with van der Waals surface area (Å²) in [5.74, 6) is -0.0309. The molecule has 2 amide bonds. The van der Waals surface area contributed by atoms with Crippen LogP contribution >= 0.6 is 12.2 Å². The van der Waals surface area contributed by atoms with E-state index >= 15 is 0 Å². The molecule has 7 nitrogen and oxygen atoms in total. The van der Waals surface area contributed by atoms with Gasteiger partial charge in [0.1, 0.15) is 6.61 Å². The Balaban J connectivity index is 1.41. The van der Waals surface area contributed by atoms with Gasteiger partial charge in [0.25, 0.3) is 0 Å². The maximum atomic E-state index is 12.4. The third-order valence-corrected chi connectivity index (χ3v) is 5.81. The molecular weight excluding hydrogens is 390 g/mol. The first-order valence-electron chi connectivity index (χ1n) is 9.36. The maximum absolute atomic E-state index is 12.4. The van der Waals surface area contributed by atoms with Gasteiger partial charge >= 0.3 is 12.2 Å². The molecule has 2 aromatic carbocycles. The fourth-order valence-corrected chi connectivity index (χ4v) is 4.45. The number of nitrogens with two attached hydrogens (primary N) is 1. The molecule has 150 valence electrons. The van der Waals surface area contributed by atoms with Gasteiger partial charge in [0.05, 0.1) is 17.1 Å². The highest BCUT2D eigenvalue weighted by Gasteiger charge is 2.38. The van der Waals surface area contributed by atoms with Gasteiger partial charge in [-0.1, -0.05) is 60.7 Å². The third-order valence-electron chi connectivity index (χ3n) is 5.54. The SMILES string of the molecule is NC(=S)C1CC(NC(=O)OCC2c3ccccc3-c3ccccc32)CN1C(=O)O. The normalized spacial score (nSPS) is 20.1. The number of amides is 2. The molecular formula is C21H21N3O4S. The molecule has 0 bridgehead atoms. The Morgan fingerprint density at radius 3 is 2.24 bits per heavy atom. The molecule has 2 atom stereocenters. The summed E-state index contributed by atoms with van der Waals surface area (Å²) in [6.45, 7) is 0.329. The zero-order chi connectivity index (χ0) is 20.5. The highest BCUT2D eigenvalue weighted by molar-refractivity contribution is 7.80. The molecule has 1 heterocycles. The number of ether oxygens (including phenoxy) is 1. The van der Waals surface area contributed by atoms with E-state index in [0.29, 0.717) is 6.42 Å². The number of carboxylic acid groups (broad SMARTS) is 1. The van der Waals surface area contributed by atoms with E-state index in [4.69, 9.17) is 22.7 Å². The molecule has 0 radical (unpaired) electrons. The Morgan fingerprint density at radius 2 is 1.72 bits per heavy atom. The lowest BCUT2D eigenvalue weighted by atomic mass is 9.98. The van der Waals surface area contributed by atoms with Crippen LogP contribution in [0.3, 0.4) is 0 Å². The minimum atomic E-state index is -1.11. The number of thiocarbonyl (C=S) groups is 1. The Labute approximate surface area is 173 Å². The first-order valence-corrected chi connectivity index (χ1v) is 9.77. The fraction of sp³-hybridized carbons (Fsp3) is 0.286. The Morgan fingerprint density at radius 1 is 1.14 bits per heavy atom. The van der Waals surface area contributed by atoms with Crippen LogP contribution in [-0.2, 0) is 4.74 Å². The van der Waals surface area contributed by atoms with Gasteiger partial charge in [0, 0.05) is 12.5 Å². The molecule has 4 N–H and O–H groups in total. The van der Waals surface area contributed by atoms with Gasteiger partial charge < -0.3 is 20.9 Å². The number of likely N-dealkylation sites (tertiary alicyclic amines) is 1. The number of hydrogen-bond acceptors (Lipinski definition) is 4. The average Bonchev–Trinajstić information content (AvgIpc) is 3.26. The lowest BCUT2D eigenvalue weighted by Crippen LogP contribution is -2.42. The summed E-state index contributed by atoms with van der Waals surface area (Å²) in [6, 6.07) is 15.2. The zero-order valence-electron chi connectivity index (χ0n) is 15.6. The summed E-state index contributed by atoms with van der Waals surface area (Å²) >= 11 is 4.95. The first kappa shape index (κ1) is 19.2. The Bertz CT molecular complexity index is 912. The molecule has 2 aliphatic rings. The van der Waals surface area contributed by atoms with Gasteiger partial charge in [-0.15, -0.1) is 0 Å². The van der Waals surface area contributed by atoms with Crippen LogP contribution in [0.25, 0.3) is 11.1 Å². The van der Waals surface area contributed by atoms with Gasteiger partial charge in [-0.3, -0.25) is 4.90 Å². The Kier molecular flexibility index (Phi) is 5.10. The molecule has 29 heavy (non-hydrogen) atoms. The minimum Gasteiger partial charge on any atom is -0.465 e. The van der Waals surface area contributed by atoms with Crippen LogP contribution in [0, 0.1) is 0 Å². The number of hydrogen-bond donors (Lipinski definition) is 3. The first-order chi connectivity index (χ1) is 14.0. The lowest BCUT2D eigenvalue weighted by Gasteiger charge is -2.19. The van der Waals surface area contributed by atoms with Crippen molar-refractivity contribution in [2.75, 3.05) is 13.2 Å². The highest BCUT2D eigenvalue weighted by atomic mass is 32.1. The van der Waals surface area contributed by atoms with Crippen LogP contribution in [0.1, 0.15) is 23.5 Å². The second kappa shape index (κ2) is 7.71. The molecule has 0 spiro atoms. The number of benzene rings is 2. The van der Waals surface area contributed by atoms with Crippen LogP contribution in [0.15, 0.2) is 48.5 Å². The number of fused-ring (bicyclic) bond motifs is 3. The van der Waals surface area contributed by atoms with Crippen LogP contribution < -0.4 is 11.1 Å². The van der Waals surface area contributed by atoms with Crippen molar-refractivity contribution >= 4 is 29.4 Å². The molecule has 2 unspecified atom stereocenters. The second-order valence-electron chi connectivity index (χ2n) is 7.26. The average molecular weight is 411 g/mol. The van der Waals surface area contributed by atoms with Crippen LogP contribution in [-0.4, -0.2) is 52.4 Å². The molecule has 1 fully saturated rings. The predicted octanol–water partition coefficient (Wildman–Crippen LogP) is 2.93. The van der Waals surface area contributed by atoms with E-state index in [-0.39, 0.29) is 24.1 Å². The summed E-state index contributed by atoms with van der Waals surface area (Å²) in [7, 11) is 0. The standard InChI is InChI=1S/C21H21N3O4S/c22-19(29)18-9-12(10-24(18)21(26)27)23-20(25)28-11-17-15-7-3-1-5-13(15)14-6-2-4-8-16(14)17/h1-8,12,17-18H,9-11H2,(H2,22,29)(H,23,25)(H,26,27). The fourth-order valence-electron chi connectivity index (χ4n) is 4.23. The molecule has 1 saturated heterocycles. The van der Waals surface area contributed by atoms with E-state index in [0.717, 1.165) is 27.2 Å². The molecule has 0 saturated carbocycles. The number of nitrogens with one attached hydrogen (secondary N) is 1. The van der Waals surface area contributed by atoms with Gasteiger partial charge in [-0.05, 0) is 28.7 Å². The third kappa shape index (κ3) is 3.63. The summed E-state index contributed by atoms with van der Waals surface area (Å²) in [5, 5.41) is 12.0. The monoisotopic (exact) mass is 411 g/mol. The van der Waals surface area contributed by atoms with Crippen molar-refractivity contribution in [3.8, 4) is 11.1 Å². The summed E-state index contributed by atoms with van der Waals surface area (Å²) < 4.78 is 5.51. The van der Waals surface area contributed by atoms with Crippen molar-refractivity contribution in [2.24, 2.45) is 5.73 Å². The number of alkyl carbamates (subject to hydrolysis) is 1. The van der Waals surface area contributed by atoms with Gasteiger partial charge in [0.15, 0.2) is 0 Å². The number of carbonyl (C=O) groups excluding carboxylic acids is 1. The molecule has 1 aliphatic heterocycles. The highest BCUT2D eigenvalue weighted by Crippen LogP contribution is 2.44. The van der Waals surface area contributed by atoms with Crippen molar-refractivity contribution < 1.29 is 19.4 Å². The number of carbonyl (C=O) groups is 2. The van der Waals surface area contributed by atoms with Crippen molar-refractivity contribution in [1.82, 2.24) is 10.2 Å². The molecule has 8 heteroatoms. The van der Waals surface area contributed by atoms with Gasteiger partial charge in [-0.25, -0.2) is 9.59 Å². The lowest BCUT2D eigenvalue weighted by molar-refractivity contribution is 0.136. The van der Waals surface area contributed by atoms with E-state index in [1.807, 2.05) is 24.3 Å². The molecule has 1 aliphatic carbocycles. The van der Waals surface area contributed by atoms with Gasteiger partial charge in [0.2, 0.25) is 0 Å². The van der Waals surface area contributed by atoms with Crippen molar-refractivity contribution in [3.63, 3.8) is 0 Å². The van der Waals surface area contributed by atoms with E-state index in [9.17, 15) is 14.7 Å². The number of rotatable bonds is 4. The maximum Gasteiger partial charge on any atom is 0.407 e. The van der Waals surface area contributed by atoms with Crippen LogP contribution in [0.5, 0.6) is 0 Å². The topological polar surface area (TPSA) is 105 Å². The second-order valence-corrected chi connectivity index (χ2v) is 7.73. The van der Waals surface area contributed by atoms with E-state index < -0.39 is 24.3 Å². The van der Waals surface area contributed by atoms with Crippen LogP contribution in [0.2, 0.25) is 0 Å². The number of nitrogens with zero attached hydrogens (tertiary/aromatic N) is 1. The summed E-state index contributed by atoms with van der Waals surface area (Å²) in [4.78, 5) is 25.0. The van der Waals surface area contributed by atoms with Gasteiger partial charge in [-0.2, -0.15) is 0 Å². The minimum absolute atomic E-state index is 0.0309. The Hall–Kier alpha value is -3.13. The quantitative estimate of drug-likeness (QED) is 0.668. The predicted molar refractivity (Wildman–Crippen MR) is 112 cm³/mol. The largest absolute Gasteiger partial charge is 0.465 e. The van der Waals surface area contributed by atoms with E-state index in [1.54, 1.807) is 0 Å². The van der Waals surface area contributed by atoms with Crippen LogP contribution in [0.4, 0.5) is 9.59 Å². The smallest absolute Gasteiger partial charge is 0.407 e. The van der Waals surface area contributed by atoms with Crippen molar-refractivity contribution in [2.45, 2.75) is 24.4 Å². The van der Waals surface area contributed by atoms with Crippen molar-refractivity contribution in [3.05, 3.63) is 59.7 Å². The molecule has 2 aromatic rings. The summed E-state index contributed by atoms with van der Waals surface area (Å²) in [6.07, 6.45) is -1.35.